The topological polar surface area (TPSA) is 0 Å². The molecule has 0 unspecified atom stereocenters. The zero-order chi connectivity index (χ0) is 22.9. The summed E-state index contributed by atoms with van der Waals surface area (Å²) in [7, 11) is 0. The van der Waals surface area contributed by atoms with Gasteiger partial charge in [0.05, 0.1) is 0 Å². The Morgan fingerprint density at radius 1 is 0.412 bits per heavy atom. The van der Waals surface area contributed by atoms with Gasteiger partial charge < -0.3 is 0 Å². The average Bonchev–Trinajstić information content (AvgIpc) is 3.29. The molecule has 6 aromatic rings. The highest BCUT2D eigenvalue weighted by Crippen LogP contribution is 2.47. The smallest absolute Gasteiger partial charge is 0.0436 e. The van der Waals surface area contributed by atoms with Gasteiger partial charge in [-0.2, -0.15) is 0 Å². The van der Waals surface area contributed by atoms with Gasteiger partial charge in [-0.1, -0.05) is 127 Å². The van der Waals surface area contributed by atoms with Gasteiger partial charge in [-0.25, -0.2) is 0 Å². The van der Waals surface area contributed by atoms with E-state index in [2.05, 4.69) is 134 Å². The second-order valence-corrected chi connectivity index (χ2v) is 9.63. The van der Waals surface area contributed by atoms with E-state index in [1.165, 1.54) is 59.5 Å². The third-order valence-corrected chi connectivity index (χ3v) is 7.75. The lowest BCUT2D eigenvalue weighted by atomic mass is 9.93. The van der Waals surface area contributed by atoms with Crippen LogP contribution in [-0.4, -0.2) is 0 Å². The fourth-order valence-corrected chi connectivity index (χ4v) is 6.17. The maximum atomic E-state index is 2.27. The van der Waals surface area contributed by atoms with Gasteiger partial charge in [0.2, 0.25) is 0 Å². The Balaban J connectivity index is 1.53. The van der Waals surface area contributed by atoms with Crippen LogP contribution in [0.4, 0.5) is 0 Å². The van der Waals surface area contributed by atoms with Crippen LogP contribution in [0.15, 0.2) is 127 Å². The van der Waals surface area contributed by atoms with Crippen LogP contribution in [0.5, 0.6) is 0 Å². The number of fused-ring (bicyclic) bond motifs is 1. The molecule has 0 aliphatic heterocycles. The van der Waals surface area contributed by atoms with E-state index >= 15 is 0 Å². The molecule has 0 aliphatic carbocycles. The van der Waals surface area contributed by atoms with E-state index in [0.717, 1.165) is 0 Å². The SMILES string of the molecule is Cc1cccc(-c2ccccc2)c1-c1sc(-c2ccc(-c3ccccc3)cc2)c2ccccc12. The normalized spacial score (nSPS) is 11.1. The Hall–Kier alpha value is -3.94. The highest BCUT2D eigenvalue weighted by molar-refractivity contribution is 7.21. The molecule has 1 heteroatoms. The number of hydrogen-bond acceptors (Lipinski definition) is 1. The Bertz CT molecular complexity index is 1570. The summed E-state index contributed by atoms with van der Waals surface area (Å²) in [5.41, 5.74) is 8.95. The van der Waals surface area contributed by atoms with E-state index in [1.54, 1.807) is 0 Å². The van der Waals surface area contributed by atoms with Crippen molar-refractivity contribution in [1.82, 2.24) is 0 Å². The first kappa shape index (κ1) is 20.7. The molecule has 6 rings (SSSR count). The van der Waals surface area contributed by atoms with E-state index in [0.29, 0.717) is 0 Å². The zero-order valence-electron chi connectivity index (χ0n) is 19.0. The van der Waals surface area contributed by atoms with Gasteiger partial charge in [0, 0.05) is 26.1 Å². The molecule has 0 saturated carbocycles. The summed E-state index contributed by atoms with van der Waals surface area (Å²) in [5, 5.41) is 2.64. The minimum Gasteiger partial charge on any atom is -0.134 e. The third-order valence-electron chi connectivity index (χ3n) is 6.46. The van der Waals surface area contributed by atoms with Gasteiger partial charge in [0.15, 0.2) is 0 Å². The van der Waals surface area contributed by atoms with E-state index in [9.17, 15) is 0 Å². The van der Waals surface area contributed by atoms with Crippen molar-refractivity contribution in [2.75, 3.05) is 0 Å². The largest absolute Gasteiger partial charge is 0.134 e. The van der Waals surface area contributed by atoms with E-state index in [1.807, 2.05) is 11.3 Å². The van der Waals surface area contributed by atoms with Crippen LogP contribution in [-0.2, 0) is 0 Å². The van der Waals surface area contributed by atoms with Crippen LogP contribution in [0.1, 0.15) is 5.56 Å². The van der Waals surface area contributed by atoms with Gasteiger partial charge in [-0.15, -0.1) is 11.3 Å². The molecule has 1 aromatic heterocycles. The van der Waals surface area contributed by atoms with Gasteiger partial charge >= 0.3 is 0 Å². The van der Waals surface area contributed by atoms with Crippen LogP contribution < -0.4 is 0 Å². The molecule has 0 bridgehead atoms. The fourth-order valence-electron chi connectivity index (χ4n) is 4.76. The lowest BCUT2D eigenvalue weighted by Gasteiger charge is -2.12. The molecule has 0 N–H and O–H groups in total. The van der Waals surface area contributed by atoms with Crippen molar-refractivity contribution in [3.63, 3.8) is 0 Å². The van der Waals surface area contributed by atoms with Crippen molar-refractivity contribution in [3.05, 3.63) is 133 Å². The van der Waals surface area contributed by atoms with Crippen LogP contribution in [0.3, 0.4) is 0 Å². The highest BCUT2D eigenvalue weighted by atomic mass is 32.1. The third kappa shape index (κ3) is 3.65. The minimum absolute atomic E-state index is 1.25. The van der Waals surface area contributed by atoms with Crippen molar-refractivity contribution in [1.29, 1.82) is 0 Å². The number of thiophene rings is 1. The quantitative estimate of drug-likeness (QED) is 0.250. The number of benzene rings is 5. The standard InChI is InChI=1S/C33H24S/c1-23-11-10-18-28(26-14-6-3-7-15-26)31(23)33-30-17-9-8-16-29(30)32(34-33)27-21-19-25(20-22-27)24-12-4-2-5-13-24/h2-22H,1H3. The molecule has 5 aromatic carbocycles. The molecule has 0 radical (unpaired) electrons. The molecule has 0 saturated heterocycles. The number of hydrogen-bond donors (Lipinski definition) is 0. The monoisotopic (exact) mass is 452 g/mol. The first-order valence-electron chi connectivity index (χ1n) is 11.6. The molecule has 0 spiro atoms. The summed E-state index contributed by atoms with van der Waals surface area (Å²) in [5.74, 6) is 0. The van der Waals surface area contributed by atoms with Crippen molar-refractivity contribution >= 4 is 22.1 Å². The van der Waals surface area contributed by atoms with E-state index in [-0.39, 0.29) is 0 Å². The summed E-state index contributed by atoms with van der Waals surface area (Å²) in [6.07, 6.45) is 0. The zero-order valence-corrected chi connectivity index (χ0v) is 19.8. The summed E-state index contributed by atoms with van der Waals surface area (Å²) in [4.78, 5) is 2.67. The summed E-state index contributed by atoms with van der Waals surface area (Å²) in [6, 6.07) is 45.8. The Morgan fingerprint density at radius 3 is 1.62 bits per heavy atom. The van der Waals surface area contributed by atoms with Crippen molar-refractivity contribution in [3.8, 4) is 43.1 Å². The number of rotatable bonds is 4. The van der Waals surface area contributed by atoms with Crippen LogP contribution in [0.25, 0.3) is 53.9 Å². The van der Waals surface area contributed by atoms with Gasteiger partial charge in [-0.05, 0) is 40.3 Å². The van der Waals surface area contributed by atoms with Crippen molar-refractivity contribution in [2.24, 2.45) is 0 Å². The van der Waals surface area contributed by atoms with Gasteiger partial charge in [0.1, 0.15) is 0 Å². The molecular formula is C33H24S. The molecule has 34 heavy (non-hydrogen) atoms. The number of aryl methyl sites for hydroxylation is 1. The summed E-state index contributed by atoms with van der Waals surface area (Å²) < 4.78 is 0. The van der Waals surface area contributed by atoms with Crippen molar-refractivity contribution in [2.45, 2.75) is 6.92 Å². The maximum Gasteiger partial charge on any atom is 0.0436 e. The highest BCUT2D eigenvalue weighted by Gasteiger charge is 2.18. The summed E-state index contributed by atoms with van der Waals surface area (Å²) >= 11 is 1.90. The molecule has 0 fully saturated rings. The van der Waals surface area contributed by atoms with Gasteiger partial charge in [-0.3, -0.25) is 0 Å². The van der Waals surface area contributed by atoms with Gasteiger partial charge in [0.25, 0.3) is 0 Å². The second kappa shape index (κ2) is 8.78. The van der Waals surface area contributed by atoms with Crippen LogP contribution in [0, 0.1) is 6.92 Å². The predicted octanol–water partition coefficient (Wildman–Crippen LogP) is 9.88. The lowest BCUT2D eigenvalue weighted by Crippen LogP contribution is -1.87. The van der Waals surface area contributed by atoms with Crippen LogP contribution >= 0.6 is 11.3 Å². The molecule has 1 heterocycles. The Kier molecular flexibility index (Phi) is 5.33. The fraction of sp³-hybridized carbons (Fsp3) is 0.0303. The van der Waals surface area contributed by atoms with Crippen LogP contribution in [0.2, 0.25) is 0 Å². The van der Waals surface area contributed by atoms with E-state index < -0.39 is 0 Å². The summed E-state index contributed by atoms with van der Waals surface area (Å²) in [6.45, 7) is 2.23. The lowest BCUT2D eigenvalue weighted by molar-refractivity contribution is 1.47. The predicted molar refractivity (Wildman–Crippen MR) is 148 cm³/mol. The Morgan fingerprint density at radius 2 is 0.941 bits per heavy atom. The molecule has 0 amide bonds. The van der Waals surface area contributed by atoms with E-state index in [4.69, 9.17) is 0 Å². The molecular weight excluding hydrogens is 428 g/mol. The Labute approximate surface area is 204 Å². The molecule has 0 atom stereocenters. The minimum atomic E-state index is 1.25. The average molecular weight is 453 g/mol. The maximum absolute atomic E-state index is 2.27. The molecule has 0 aliphatic rings. The second-order valence-electron chi connectivity index (χ2n) is 8.61. The first-order valence-corrected chi connectivity index (χ1v) is 12.4. The van der Waals surface area contributed by atoms with Crippen molar-refractivity contribution < 1.29 is 0 Å². The first-order chi connectivity index (χ1) is 16.8. The molecule has 0 nitrogen and oxygen atoms in total. The molecule has 162 valence electrons.